The highest BCUT2D eigenvalue weighted by Crippen LogP contribution is 2.30. The first kappa shape index (κ1) is 14.7. The third-order valence-corrected chi connectivity index (χ3v) is 2.90. The Morgan fingerprint density at radius 2 is 2.25 bits per heavy atom. The third-order valence-electron chi connectivity index (χ3n) is 2.61. The van der Waals surface area contributed by atoms with Gasteiger partial charge in [-0.15, -0.1) is 0 Å². The second kappa shape index (κ2) is 6.13. The van der Waals surface area contributed by atoms with E-state index in [1.165, 1.54) is 6.26 Å². The molecule has 0 radical (unpaired) electrons. The van der Waals surface area contributed by atoms with Crippen molar-refractivity contribution < 1.29 is 18.4 Å². The van der Waals surface area contributed by atoms with Crippen molar-refractivity contribution in [2.75, 3.05) is 6.61 Å². The predicted molar refractivity (Wildman–Crippen MR) is 73.7 cm³/mol. The number of hydrogen-bond acceptors (Lipinski definition) is 5. The van der Waals surface area contributed by atoms with Gasteiger partial charge in [-0.1, -0.05) is 13.8 Å². The minimum atomic E-state index is -0.512. The number of furan rings is 1. The normalized spacial score (nSPS) is 11.1. The summed E-state index contributed by atoms with van der Waals surface area (Å²) in [6.07, 6.45) is 2.06. The summed E-state index contributed by atoms with van der Waals surface area (Å²) in [5.41, 5.74) is 1.10. The van der Waals surface area contributed by atoms with Crippen molar-refractivity contribution in [1.29, 1.82) is 0 Å². The fourth-order valence-electron chi connectivity index (χ4n) is 1.79. The number of nitrogens with zero attached hydrogens (tertiary/aromatic N) is 1. The van der Waals surface area contributed by atoms with Gasteiger partial charge in [0, 0.05) is 0 Å². The zero-order valence-corrected chi connectivity index (χ0v) is 12.4. The molecule has 2 aromatic heterocycles. The van der Waals surface area contributed by atoms with Crippen molar-refractivity contribution >= 4 is 17.6 Å². The zero-order valence-electron chi connectivity index (χ0n) is 11.6. The van der Waals surface area contributed by atoms with Crippen LogP contribution in [0.2, 0.25) is 5.22 Å². The Morgan fingerprint density at radius 1 is 1.50 bits per heavy atom. The van der Waals surface area contributed by atoms with Crippen LogP contribution in [0.3, 0.4) is 0 Å². The Kier molecular flexibility index (Phi) is 4.49. The lowest BCUT2D eigenvalue weighted by Gasteiger charge is -2.02. The highest BCUT2D eigenvalue weighted by molar-refractivity contribution is 6.31. The van der Waals surface area contributed by atoms with E-state index in [0.717, 1.165) is 0 Å². The van der Waals surface area contributed by atoms with Crippen molar-refractivity contribution in [3.63, 3.8) is 0 Å². The van der Waals surface area contributed by atoms with Crippen LogP contribution in [0, 0.1) is 5.92 Å². The maximum Gasteiger partial charge on any atom is 0.376 e. The summed E-state index contributed by atoms with van der Waals surface area (Å²) in [6, 6.07) is 1.64. The average molecular weight is 298 g/mol. The highest BCUT2D eigenvalue weighted by Gasteiger charge is 2.24. The van der Waals surface area contributed by atoms with Gasteiger partial charge in [0.05, 0.1) is 24.1 Å². The first-order valence-electron chi connectivity index (χ1n) is 6.43. The van der Waals surface area contributed by atoms with Gasteiger partial charge in [0.25, 0.3) is 0 Å². The molecule has 2 rings (SSSR count). The van der Waals surface area contributed by atoms with Crippen molar-refractivity contribution in [2.24, 2.45) is 5.92 Å². The van der Waals surface area contributed by atoms with E-state index in [2.05, 4.69) is 4.98 Å². The van der Waals surface area contributed by atoms with E-state index in [4.69, 9.17) is 25.2 Å². The number of aromatic nitrogens is 1. The Morgan fingerprint density at radius 3 is 2.80 bits per heavy atom. The van der Waals surface area contributed by atoms with Gasteiger partial charge in [-0.25, -0.2) is 9.78 Å². The molecular weight excluding hydrogens is 282 g/mol. The first-order chi connectivity index (χ1) is 9.52. The molecule has 0 saturated heterocycles. The SMILES string of the molecule is CCOC(=O)c1oc(-c2ccoc2Cl)nc1CC(C)C. The molecule has 0 spiro atoms. The van der Waals surface area contributed by atoms with Crippen LogP contribution < -0.4 is 0 Å². The zero-order chi connectivity index (χ0) is 14.7. The number of halogens is 1. The second-order valence-corrected chi connectivity index (χ2v) is 5.06. The molecule has 0 N–H and O–H groups in total. The van der Waals surface area contributed by atoms with Gasteiger partial charge < -0.3 is 13.6 Å². The van der Waals surface area contributed by atoms with Crippen molar-refractivity contribution in [3.05, 3.63) is 29.0 Å². The number of hydrogen-bond donors (Lipinski definition) is 0. The van der Waals surface area contributed by atoms with Crippen molar-refractivity contribution in [3.8, 4) is 11.5 Å². The fourth-order valence-corrected chi connectivity index (χ4v) is 1.99. The van der Waals surface area contributed by atoms with Crippen LogP contribution >= 0.6 is 11.6 Å². The summed E-state index contributed by atoms with van der Waals surface area (Å²) in [5, 5.41) is 0.178. The van der Waals surface area contributed by atoms with Crippen molar-refractivity contribution in [2.45, 2.75) is 27.2 Å². The molecule has 6 heteroatoms. The van der Waals surface area contributed by atoms with Gasteiger partial charge in [0.1, 0.15) is 0 Å². The van der Waals surface area contributed by atoms with Gasteiger partial charge in [-0.2, -0.15) is 0 Å². The van der Waals surface area contributed by atoms with Gasteiger partial charge in [0.2, 0.25) is 16.9 Å². The molecule has 0 aliphatic heterocycles. The van der Waals surface area contributed by atoms with Crippen molar-refractivity contribution in [1.82, 2.24) is 4.98 Å². The molecule has 0 atom stereocenters. The molecule has 0 aliphatic rings. The summed E-state index contributed by atoms with van der Waals surface area (Å²) in [6.45, 7) is 6.09. The fraction of sp³-hybridized carbons (Fsp3) is 0.429. The number of carbonyl (C=O) groups is 1. The van der Waals surface area contributed by atoms with E-state index in [0.29, 0.717) is 23.6 Å². The topological polar surface area (TPSA) is 65.5 Å². The van der Waals surface area contributed by atoms with Gasteiger partial charge in [-0.3, -0.25) is 0 Å². The predicted octanol–water partition coefficient (Wildman–Crippen LogP) is 3.96. The maximum absolute atomic E-state index is 11.9. The molecule has 5 nitrogen and oxygen atoms in total. The Labute approximate surface area is 121 Å². The summed E-state index contributed by atoms with van der Waals surface area (Å²) in [4.78, 5) is 16.2. The molecule has 0 unspecified atom stereocenters. The lowest BCUT2D eigenvalue weighted by atomic mass is 10.1. The lowest BCUT2D eigenvalue weighted by molar-refractivity contribution is 0.0489. The molecular formula is C14H16ClNO4. The Hall–Kier alpha value is -1.75. The molecule has 0 aliphatic carbocycles. The van der Waals surface area contributed by atoms with E-state index in [1.807, 2.05) is 13.8 Å². The highest BCUT2D eigenvalue weighted by atomic mass is 35.5. The van der Waals surface area contributed by atoms with Gasteiger partial charge in [0.15, 0.2) is 0 Å². The second-order valence-electron chi connectivity index (χ2n) is 4.72. The van der Waals surface area contributed by atoms with E-state index < -0.39 is 5.97 Å². The lowest BCUT2D eigenvalue weighted by Crippen LogP contribution is -2.08. The first-order valence-corrected chi connectivity index (χ1v) is 6.80. The molecule has 0 saturated carbocycles. The molecule has 108 valence electrons. The van der Waals surface area contributed by atoms with E-state index in [1.54, 1.807) is 13.0 Å². The summed E-state index contributed by atoms with van der Waals surface area (Å²) >= 11 is 5.90. The smallest absolute Gasteiger partial charge is 0.376 e. The minimum Gasteiger partial charge on any atom is -0.460 e. The quantitative estimate of drug-likeness (QED) is 0.781. The Balaban J connectivity index is 2.41. The van der Waals surface area contributed by atoms with E-state index >= 15 is 0 Å². The number of esters is 1. The molecule has 2 heterocycles. The molecule has 0 aromatic carbocycles. The maximum atomic E-state index is 11.9. The Bertz CT molecular complexity index is 600. The summed E-state index contributed by atoms with van der Waals surface area (Å²) < 4.78 is 15.5. The van der Waals surface area contributed by atoms with E-state index in [-0.39, 0.29) is 23.5 Å². The van der Waals surface area contributed by atoms with Crippen LogP contribution in [0.5, 0.6) is 0 Å². The summed E-state index contributed by atoms with van der Waals surface area (Å²) in [7, 11) is 0. The van der Waals surface area contributed by atoms with Gasteiger partial charge in [-0.05, 0) is 36.9 Å². The van der Waals surface area contributed by atoms with Gasteiger partial charge >= 0.3 is 5.97 Å². The molecule has 0 bridgehead atoms. The van der Waals surface area contributed by atoms with Crippen LogP contribution in [0.15, 0.2) is 21.2 Å². The monoisotopic (exact) mass is 297 g/mol. The van der Waals surface area contributed by atoms with Crippen LogP contribution in [-0.2, 0) is 11.2 Å². The molecule has 20 heavy (non-hydrogen) atoms. The molecule has 2 aromatic rings. The summed E-state index contributed by atoms with van der Waals surface area (Å²) in [5.74, 6) is 0.220. The van der Waals surface area contributed by atoms with Crippen LogP contribution in [0.25, 0.3) is 11.5 Å². The van der Waals surface area contributed by atoms with E-state index in [9.17, 15) is 4.79 Å². The molecule has 0 fully saturated rings. The van der Waals surface area contributed by atoms with Crippen LogP contribution in [-0.4, -0.2) is 17.6 Å². The van der Waals surface area contributed by atoms with Crippen LogP contribution in [0.1, 0.15) is 37.0 Å². The minimum absolute atomic E-state index is 0.132. The average Bonchev–Trinajstić information content (AvgIpc) is 2.95. The largest absolute Gasteiger partial charge is 0.460 e. The number of oxazole rings is 1. The number of carbonyl (C=O) groups excluding carboxylic acids is 1. The standard InChI is InChI=1S/C14H16ClNO4/c1-4-18-14(17)11-10(7-8(2)3)16-13(20-11)9-5-6-19-12(9)15/h5-6,8H,4,7H2,1-3H3. The molecule has 0 amide bonds. The van der Waals surface area contributed by atoms with Crippen LogP contribution in [0.4, 0.5) is 0 Å². The number of ether oxygens (including phenoxy) is 1. The number of rotatable bonds is 5. The third kappa shape index (κ3) is 3.04.